The lowest BCUT2D eigenvalue weighted by Crippen LogP contribution is -2.23. The maximum absolute atomic E-state index is 12.2. The summed E-state index contributed by atoms with van der Waals surface area (Å²) in [5.74, 6) is 0.493. The van der Waals surface area contributed by atoms with Crippen molar-refractivity contribution >= 4 is 28.2 Å². The number of ether oxygens (including phenoxy) is 1. The molecule has 3 rings (SSSR count). The lowest BCUT2D eigenvalue weighted by Gasteiger charge is -2.14. The number of hydrogen-bond acceptors (Lipinski definition) is 5. The van der Waals surface area contributed by atoms with Gasteiger partial charge in [-0.3, -0.25) is 9.59 Å². The molecular weight excluding hydrogens is 276 g/mol. The van der Waals surface area contributed by atoms with Gasteiger partial charge in [-0.2, -0.15) is 0 Å². The molecule has 0 aromatic carbocycles. The van der Waals surface area contributed by atoms with Gasteiger partial charge in [-0.15, -0.1) is 11.3 Å². The second kappa shape index (κ2) is 5.58. The van der Waals surface area contributed by atoms with Crippen molar-refractivity contribution in [2.45, 2.75) is 19.3 Å². The highest BCUT2D eigenvalue weighted by molar-refractivity contribution is 7.13. The quantitative estimate of drug-likeness (QED) is 0.907. The number of thiazole rings is 1. The van der Waals surface area contributed by atoms with Gasteiger partial charge in [0.2, 0.25) is 5.91 Å². The van der Waals surface area contributed by atoms with E-state index >= 15 is 0 Å². The first-order chi connectivity index (χ1) is 9.72. The molecule has 0 radical (unpaired) electrons. The first-order valence-corrected chi connectivity index (χ1v) is 7.37. The summed E-state index contributed by atoms with van der Waals surface area (Å²) >= 11 is 1.40. The van der Waals surface area contributed by atoms with Gasteiger partial charge in [0.15, 0.2) is 10.9 Å². The zero-order valence-corrected chi connectivity index (χ0v) is 11.6. The number of nitrogens with one attached hydrogen (secondary N) is 1. The normalized spacial score (nSPS) is 22.0. The molecule has 5 nitrogen and oxygen atoms in total. The van der Waals surface area contributed by atoms with Gasteiger partial charge in [0.25, 0.3) is 0 Å². The summed E-state index contributed by atoms with van der Waals surface area (Å²) in [6.07, 6.45) is 6.70. The maximum atomic E-state index is 12.2. The largest absolute Gasteiger partial charge is 0.493 e. The van der Waals surface area contributed by atoms with E-state index in [1.54, 1.807) is 6.20 Å². The summed E-state index contributed by atoms with van der Waals surface area (Å²) < 4.78 is 5.57. The highest BCUT2D eigenvalue weighted by atomic mass is 32.1. The lowest BCUT2D eigenvalue weighted by molar-refractivity contribution is -0.120. The van der Waals surface area contributed by atoms with Gasteiger partial charge < -0.3 is 10.1 Å². The van der Waals surface area contributed by atoms with Crippen LogP contribution in [0.25, 0.3) is 0 Å². The van der Waals surface area contributed by atoms with Crippen molar-refractivity contribution in [2.24, 2.45) is 5.92 Å². The molecule has 0 saturated carbocycles. The van der Waals surface area contributed by atoms with Crippen LogP contribution in [0.4, 0.5) is 5.13 Å². The third-order valence-corrected chi connectivity index (χ3v) is 4.07. The molecule has 2 aliphatic rings. The molecule has 1 unspecified atom stereocenters. The molecule has 104 valence electrons. The molecule has 6 heteroatoms. The Hall–Kier alpha value is -1.95. The zero-order valence-electron chi connectivity index (χ0n) is 10.8. The molecule has 1 amide bonds. The molecule has 1 N–H and O–H groups in total. The van der Waals surface area contributed by atoms with E-state index in [2.05, 4.69) is 10.3 Å². The summed E-state index contributed by atoms with van der Waals surface area (Å²) in [4.78, 5) is 27.7. The van der Waals surface area contributed by atoms with Crippen molar-refractivity contribution in [3.8, 4) is 0 Å². The molecule has 1 aromatic heterocycles. The number of carbonyl (C=O) groups excluding carboxylic acids is 2. The Morgan fingerprint density at radius 1 is 1.50 bits per heavy atom. The zero-order chi connectivity index (χ0) is 13.9. The number of carbonyl (C=O) groups is 2. The monoisotopic (exact) mass is 290 g/mol. The molecule has 1 saturated heterocycles. The molecule has 1 atom stereocenters. The van der Waals surface area contributed by atoms with E-state index < -0.39 is 0 Å². The fourth-order valence-corrected chi connectivity index (χ4v) is 2.87. The lowest BCUT2D eigenvalue weighted by atomic mass is 9.92. The summed E-state index contributed by atoms with van der Waals surface area (Å²) in [7, 11) is 0. The number of anilines is 1. The Bertz CT molecular complexity index is 590. The second-order valence-corrected chi connectivity index (χ2v) is 5.67. The van der Waals surface area contributed by atoms with E-state index in [0.29, 0.717) is 36.8 Å². The van der Waals surface area contributed by atoms with E-state index in [4.69, 9.17) is 4.74 Å². The van der Waals surface area contributed by atoms with E-state index in [1.807, 2.05) is 11.5 Å². The van der Waals surface area contributed by atoms with Crippen LogP contribution in [-0.2, 0) is 14.3 Å². The van der Waals surface area contributed by atoms with Crippen LogP contribution in [0.15, 0.2) is 35.1 Å². The standard InChI is InChI=1S/C14H14N2O3S/c17-11-2-1-9-7-10(3-5-19-12(9)8-11)13(18)16-14-15-4-6-20-14/h1,4,6,8,10H,2-3,5,7H2,(H,15,16,18). The summed E-state index contributed by atoms with van der Waals surface area (Å²) in [5.41, 5.74) is 0.960. The first kappa shape index (κ1) is 13.1. The highest BCUT2D eigenvalue weighted by Gasteiger charge is 2.27. The van der Waals surface area contributed by atoms with Gasteiger partial charge in [-0.1, -0.05) is 6.08 Å². The van der Waals surface area contributed by atoms with Gasteiger partial charge >= 0.3 is 0 Å². The van der Waals surface area contributed by atoms with E-state index in [-0.39, 0.29) is 17.6 Å². The van der Waals surface area contributed by atoms with E-state index in [9.17, 15) is 9.59 Å². The minimum atomic E-state index is -0.149. The SMILES string of the molecule is O=C1C=C2OCCC(C(=O)Nc3nccs3)CC2=CC1. The molecule has 2 heterocycles. The second-order valence-electron chi connectivity index (χ2n) is 4.77. The average molecular weight is 290 g/mol. The topological polar surface area (TPSA) is 68.3 Å². The predicted molar refractivity (Wildman–Crippen MR) is 75.2 cm³/mol. The first-order valence-electron chi connectivity index (χ1n) is 6.49. The Kier molecular flexibility index (Phi) is 3.64. The molecular formula is C14H14N2O3S. The number of ketones is 1. The number of fused-ring (bicyclic) bond motifs is 1. The third-order valence-electron chi connectivity index (χ3n) is 3.38. The van der Waals surface area contributed by atoms with Gasteiger partial charge in [0.1, 0.15) is 5.76 Å². The predicted octanol–water partition coefficient (Wildman–Crippen LogP) is 2.29. The minimum absolute atomic E-state index is 0.0393. The molecule has 0 bridgehead atoms. The van der Waals surface area contributed by atoms with Gasteiger partial charge in [-0.05, 0) is 18.4 Å². The van der Waals surface area contributed by atoms with Gasteiger partial charge in [-0.25, -0.2) is 4.98 Å². The van der Waals surface area contributed by atoms with E-state index in [1.165, 1.54) is 17.4 Å². The number of rotatable bonds is 2. The van der Waals surface area contributed by atoms with E-state index in [0.717, 1.165) is 5.57 Å². The number of nitrogens with zero attached hydrogens (tertiary/aromatic N) is 1. The Morgan fingerprint density at radius 3 is 3.20 bits per heavy atom. The summed E-state index contributed by atoms with van der Waals surface area (Å²) in [5, 5.41) is 5.26. The smallest absolute Gasteiger partial charge is 0.229 e. The van der Waals surface area contributed by atoms with Crippen molar-refractivity contribution < 1.29 is 14.3 Å². The number of allylic oxidation sites excluding steroid dienone is 3. The van der Waals surface area contributed by atoms with Crippen molar-refractivity contribution in [3.05, 3.63) is 35.1 Å². The van der Waals surface area contributed by atoms with Crippen LogP contribution in [0, 0.1) is 5.92 Å². The Labute approximate surface area is 120 Å². The molecule has 1 aliphatic carbocycles. The number of amides is 1. The van der Waals surface area contributed by atoms with Crippen molar-refractivity contribution in [1.82, 2.24) is 4.98 Å². The van der Waals surface area contributed by atoms with Crippen LogP contribution in [0.2, 0.25) is 0 Å². The van der Waals surface area contributed by atoms with Crippen LogP contribution in [0.5, 0.6) is 0 Å². The van der Waals surface area contributed by atoms with Crippen molar-refractivity contribution in [1.29, 1.82) is 0 Å². The molecule has 1 aromatic rings. The number of aromatic nitrogens is 1. The average Bonchev–Trinajstić information content (AvgIpc) is 2.83. The Morgan fingerprint density at radius 2 is 2.40 bits per heavy atom. The molecule has 0 spiro atoms. The molecule has 1 fully saturated rings. The summed E-state index contributed by atoms with van der Waals surface area (Å²) in [6, 6.07) is 0. The molecule has 1 aliphatic heterocycles. The minimum Gasteiger partial charge on any atom is -0.493 e. The van der Waals surface area contributed by atoms with Crippen LogP contribution >= 0.6 is 11.3 Å². The maximum Gasteiger partial charge on any atom is 0.229 e. The number of hydrogen-bond donors (Lipinski definition) is 1. The van der Waals surface area contributed by atoms with Crippen LogP contribution < -0.4 is 5.32 Å². The van der Waals surface area contributed by atoms with Gasteiger partial charge in [0.05, 0.1) is 6.61 Å². The fraction of sp³-hybridized carbons (Fsp3) is 0.357. The van der Waals surface area contributed by atoms with Crippen LogP contribution in [0.1, 0.15) is 19.3 Å². The van der Waals surface area contributed by atoms with Gasteiger partial charge in [0, 0.05) is 30.0 Å². The van der Waals surface area contributed by atoms with Crippen LogP contribution in [-0.4, -0.2) is 23.3 Å². The third kappa shape index (κ3) is 2.80. The highest BCUT2D eigenvalue weighted by Crippen LogP contribution is 2.30. The van der Waals surface area contributed by atoms with Crippen molar-refractivity contribution in [3.63, 3.8) is 0 Å². The fourth-order valence-electron chi connectivity index (χ4n) is 2.34. The van der Waals surface area contributed by atoms with Crippen LogP contribution in [0.3, 0.4) is 0 Å². The Balaban J connectivity index is 1.71. The molecule has 20 heavy (non-hydrogen) atoms. The summed E-state index contributed by atoms with van der Waals surface area (Å²) in [6.45, 7) is 0.451. The van der Waals surface area contributed by atoms with Crippen molar-refractivity contribution in [2.75, 3.05) is 11.9 Å².